The lowest BCUT2D eigenvalue weighted by molar-refractivity contribution is -0.276. The fourth-order valence-corrected chi connectivity index (χ4v) is 1.71. The molecule has 1 aromatic heterocycles. The Labute approximate surface area is 122 Å². The molecule has 0 fully saturated rings. The van der Waals surface area contributed by atoms with E-state index in [1.54, 1.807) is 0 Å². The predicted octanol–water partition coefficient (Wildman–Crippen LogP) is 3.68. The number of rotatable bonds is 3. The van der Waals surface area contributed by atoms with Gasteiger partial charge in [-0.2, -0.15) is 13.2 Å². The molecule has 0 bridgehead atoms. The van der Waals surface area contributed by atoms with E-state index in [4.69, 9.17) is 0 Å². The van der Waals surface area contributed by atoms with E-state index in [9.17, 15) is 31.1 Å². The highest BCUT2D eigenvalue weighted by atomic mass is 79.9. The molecule has 118 valence electrons. The highest BCUT2D eigenvalue weighted by molar-refractivity contribution is 9.08. The van der Waals surface area contributed by atoms with Crippen molar-refractivity contribution < 1.29 is 40.6 Å². The molecule has 0 aliphatic carbocycles. The second-order valence-electron chi connectivity index (χ2n) is 3.50. The number of pyridine rings is 1. The number of halogens is 7. The Kier molecular flexibility index (Phi) is 5.07. The second kappa shape index (κ2) is 6.08. The standard InChI is InChI=1S/C10H6BrF6NO3/c1-20-8(19)5-2-4(9(12,13)14)7(6(3-11)18-5)21-10(15,16)17/h2H,3H2,1H3. The summed E-state index contributed by atoms with van der Waals surface area (Å²) in [5, 5.41) is -0.494. The van der Waals surface area contributed by atoms with Crippen molar-refractivity contribution in [3.05, 3.63) is 23.0 Å². The average Bonchev–Trinajstić information content (AvgIpc) is 2.34. The largest absolute Gasteiger partial charge is 0.573 e. The SMILES string of the molecule is COC(=O)c1cc(C(F)(F)F)c(OC(F)(F)F)c(CBr)n1. The normalized spacial score (nSPS) is 12.2. The van der Waals surface area contributed by atoms with Gasteiger partial charge in [0.25, 0.3) is 0 Å². The van der Waals surface area contributed by atoms with E-state index in [1.165, 1.54) is 0 Å². The van der Waals surface area contributed by atoms with E-state index in [-0.39, 0.29) is 6.07 Å². The lowest BCUT2D eigenvalue weighted by Gasteiger charge is -2.18. The van der Waals surface area contributed by atoms with Crippen molar-refractivity contribution >= 4 is 21.9 Å². The van der Waals surface area contributed by atoms with E-state index >= 15 is 0 Å². The first-order valence-electron chi connectivity index (χ1n) is 5.00. The second-order valence-corrected chi connectivity index (χ2v) is 4.06. The van der Waals surface area contributed by atoms with Crippen molar-refractivity contribution in [2.75, 3.05) is 7.11 Å². The van der Waals surface area contributed by atoms with Gasteiger partial charge in [-0.15, -0.1) is 13.2 Å². The summed E-state index contributed by atoms with van der Waals surface area (Å²) in [6.45, 7) is 0. The van der Waals surface area contributed by atoms with Crippen LogP contribution in [0.2, 0.25) is 0 Å². The van der Waals surface area contributed by atoms with Crippen molar-refractivity contribution in [2.24, 2.45) is 0 Å². The number of hydrogen-bond acceptors (Lipinski definition) is 4. The van der Waals surface area contributed by atoms with Crippen LogP contribution in [0.1, 0.15) is 21.7 Å². The van der Waals surface area contributed by atoms with Gasteiger partial charge >= 0.3 is 18.5 Å². The maximum atomic E-state index is 12.8. The first kappa shape index (κ1) is 17.5. The molecule has 0 atom stereocenters. The topological polar surface area (TPSA) is 48.4 Å². The maximum absolute atomic E-state index is 12.8. The van der Waals surface area contributed by atoms with Crippen LogP contribution >= 0.6 is 15.9 Å². The molecule has 1 rings (SSSR count). The highest BCUT2D eigenvalue weighted by Gasteiger charge is 2.42. The molecular formula is C10H6BrF6NO3. The van der Waals surface area contributed by atoms with E-state index in [2.05, 4.69) is 30.4 Å². The lowest BCUT2D eigenvalue weighted by Crippen LogP contribution is -2.23. The zero-order chi connectivity index (χ0) is 16.4. The van der Waals surface area contributed by atoms with Gasteiger partial charge < -0.3 is 9.47 Å². The number of esters is 1. The van der Waals surface area contributed by atoms with Gasteiger partial charge in [0.2, 0.25) is 0 Å². The molecule has 0 amide bonds. The van der Waals surface area contributed by atoms with Crippen molar-refractivity contribution in [1.82, 2.24) is 4.98 Å². The predicted molar refractivity (Wildman–Crippen MR) is 59.9 cm³/mol. The summed E-state index contributed by atoms with van der Waals surface area (Å²) >= 11 is 2.69. The first-order chi connectivity index (χ1) is 9.49. The summed E-state index contributed by atoms with van der Waals surface area (Å²) < 4.78 is 82.8. The molecule has 0 saturated heterocycles. The van der Waals surface area contributed by atoms with Crippen LogP contribution in [0.15, 0.2) is 6.07 Å². The summed E-state index contributed by atoms with van der Waals surface area (Å²) in [4.78, 5) is 14.6. The van der Waals surface area contributed by atoms with Crippen LogP contribution in [-0.4, -0.2) is 24.4 Å². The maximum Gasteiger partial charge on any atom is 0.573 e. The van der Waals surface area contributed by atoms with Crippen LogP contribution in [0.4, 0.5) is 26.3 Å². The zero-order valence-corrected chi connectivity index (χ0v) is 11.7. The van der Waals surface area contributed by atoms with Crippen LogP contribution in [0, 0.1) is 0 Å². The molecule has 4 nitrogen and oxygen atoms in total. The summed E-state index contributed by atoms with van der Waals surface area (Å²) in [5.74, 6) is -2.74. The Bertz CT molecular complexity index is 543. The monoisotopic (exact) mass is 381 g/mol. The molecule has 0 spiro atoms. The third-order valence-electron chi connectivity index (χ3n) is 2.09. The van der Waals surface area contributed by atoms with E-state index in [0.29, 0.717) is 0 Å². The van der Waals surface area contributed by atoms with Crippen LogP contribution < -0.4 is 4.74 Å². The molecule has 11 heteroatoms. The Morgan fingerprint density at radius 2 is 1.86 bits per heavy atom. The molecule has 0 aromatic carbocycles. The van der Waals surface area contributed by atoms with Crippen molar-refractivity contribution in [2.45, 2.75) is 17.9 Å². The zero-order valence-electron chi connectivity index (χ0n) is 10.1. The van der Waals surface area contributed by atoms with Gasteiger partial charge in [-0.25, -0.2) is 9.78 Å². The van der Waals surface area contributed by atoms with Crippen LogP contribution in [0.5, 0.6) is 5.75 Å². The molecule has 0 radical (unpaired) electrons. The fraction of sp³-hybridized carbons (Fsp3) is 0.400. The molecule has 0 unspecified atom stereocenters. The number of nitrogens with zero attached hydrogens (tertiary/aromatic N) is 1. The van der Waals surface area contributed by atoms with E-state index < -0.39 is 46.5 Å². The molecule has 1 heterocycles. The molecule has 0 saturated carbocycles. The number of aromatic nitrogens is 1. The lowest BCUT2D eigenvalue weighted by atomic mass is 10.1. The third-order valence-corrected chi connectivity index (χ3v) is 2.62. The van der Waals surface area contributed by atoms with Crippen LogP contribution in [0.25, 0.3) is 0 Å². The van der Waals surface area contributed by atoms with Gasteiger partial charge in [-0.1, -0.05) is 15.9 Å². The number of hydrogen-bond donors (Lipinski definition) is 0. The number of ether oxygens (including phenoxy) is 2. The Morgan fingerprint density at radius 1 is 1.29 bits per heavy atom. The van der Waals surface area contributed by atoms with Crippen LogP contribution in [0.3, 0.4) is 0 Å². The first-order valence-corrected chi connectivity index (χ1v) is 6.13. The minimum atomic E-state index is -5.34. The third kappa shape index (κ3) is 4.48. The summed E-state index contributed by atoms with van der Waals surface area (Å²) in [6, 6.07) is 0.138. The number of carbonyl (C=O) groups excluding carboxylic acids is 1. The van der Waals surface area contributed by atoms with Gasteiger partial charge in [0.15, 0.2) is 5.75 Å². The van der Waals surface area contributed by atoms with Gasteiger partial charge in [0, 0.05) is 5.33 Å². The molecule has 0 N–H and O–H groups in total. The Hall–Kier alpha value is -1.52. The molecule has 0 aliphatic heterocycles. The summed E-state index contributed by atoms with van der Waals surface area (Å²) in [7, 11) is 0.894. The van der Waals surface area contributed by atoms with Crippen molar-refractivity contribution in [3.63, 3.8) is 0 Å². The van der Waals surface area contributed by atoms with Gasteiger partial charge in [-0.3, -0.25) is 0 Å². The van der Waals surface area contributed by atoms with Gasteiger partial charge in [0.1, 0.15) is 11.3 Å². The van der Waals surface area contributed by atoms with Gasteiger partial charge in [-0.05, 0) is 6.07 Å². The fourth-order valence-electron chi connectivity index (χ4n) is 1.33. The average molecular weight is 382 g/mol. The van der Waals surface area contributed by atoms with E-state index in [1.807, 2.05) is 0 Å². The molecule has 21 heavy (non-hydrogen) atoms. The summed E-state index contributed by atoms with van der Waals surface area (Å²) in [5.41, 5.74) is -3.29. The Morgan fingerprint density at radius 3 is 2.24 bits per heavy atom. The molecular weight excluding hydrogens is 376 g/mol. The number of carbonyl (C=O) groups is 1. The smallest absolute Gasteiger partial charge is 0.464 e. The number of alkyl halides is 7. The molecule has 0 aliphatic rings. The van der Waals surface area contributed by atoms with Crippen molar-refractivity contribution in [3.8, 4) is 5.75 Å². The Balaban J connectivity index is 3.56. The highest BCUT2D eigenvalue weighted by Crippen LogP contribution is 2.41. The molecule has 1 aromatic rings. The number of methoxy groups -OCH3 is 1. The van der Waals surface area contributed by atoms with Crippen LogP contribution in [-0.2, 0) is 16.2 Å². The van der Waals surface area contributed by atoms with E-state index in [0.717, 1.165) is 7.11 Å². The quantitative estimate of drug-likeness (QED) is 0.455. The minimum Gasteiger partial charge on any atom is -0.464 e. The van der Waals surface area contributed by atoms with Gasteiger partial charge in [0.05, 0.1) is 12.8 Å². The van der Waals surface area contributed by atoms with Crippen molar-refractivity contribution in [1.29, 1.82) is 0 Å². The summed E-state index contributed by atoms with van der Waals surface area (Å²) in [6.07, 6.45) is -10.5. The minimum absolute atomic E-state index is 0.138.